The second kappa shape index (κ2) is 4.28. The second-order valence-electron chi connectivity index (χ2n) is 3.75. The van der Waals surface area contributed by atoms with Crippen molar-refractivity contribution in [3.05, 3.63) is 29.3 Å². The lowest BCUT2D eigenvalue weighted by molar-refractivity contribution is 0.413. The van der Waals surface area contributed by atoms with Gasteiger partial charge in [0.25, 0.3) is 0 Å². The Balaban J connectivity index is 2.26. The van der Waals surface area contributed by atoms with Gasteiger partial charge < -0.3 is 4.74 Å². The quantitative estimate of drug-likeness (QED) is 0.544. The number of aryl methyl sites for hydroxylation is 1. The van der Waals surface area contributed by atoms with E-state index in [9.17, 15) is 4.79 Å². The van der Waals surface area contributed by atoms with Gasteiger partial charge in [-0.25, -0.2) is 9.79 Å². The van der Waals surface area contributed by atoms with Crippen molar-refractivity contribution in [1.82, 2.24) is 0 Å². The van der Waals surface area contributed by atoms with E-state index in [-0.39, 0.29) is 6.04 Å². The van der Waals surface area contributed by atoms with Gasteiger partial charge >= 0.3 is 0 Å². The smallest absolute Gasteiger partial charge is 0.235 e. The maximum atomic E-state index is 10.2. The monoisotopic (exact) mass is 203 g/mol. The van der Waals surface area contributed by atoms with Crippen molar-refractivity contribution in [1.29, 1.82) is 0 Å². The van der Waals surface area contributed by atoms with Crippen molar-refractivity contribution < 1.29 is 9.53 Å². The highest BCUT2D eigenvalue weighted by atomic mass is 16.5. The first-order valence-corrected chi connectivity index (χ1v) is 5.06. The van der Waals surface area contributed by atoms with Crippen LogP contribution >= 0.6 is 0 Å². The number of isocyanates is 1. The number of benzene rings is 1. The molecule has 0 aromatic heterocycles. The maximum Gasteiger partial charge on any atom is 0.235 e. The molecule has 15 heavy (non-hydrogen) atoms. The molecule has 0 fully saturated rings. The van der Waals surface area contributed by atoms with Gasteiger partial charge in [-0.15, -0.1) is 0 Å². The Morgan fingerprint density at radius 1 is 1.47 bits per heavy atom. The Labute approximate surface area is 88.8 Å². The van der Waals surface area contributed by atoms with Gasteiger partial charge in [0.2, 0.25) is 6.08 Å². The van der Waals surface area contributed by atoms with Crippen molar-refractivity contribution in [3.63, 3.8) is 0 Å². The Morgan fingerprint density at radius 2 is 2.33 bits per heavy atom. The lowest BCUT2D eigenvalue weighted by atomic mass is 9.88. The number of rotatable bonds is 2. The van der Waals surface area contributed by atoms with E-state index < -0.39 is 0 Å². The molecule has 0 heterocycles. The fourth-order valence-electron chi connectivity index (χ4n) is 2.03. The van der Waals surface area contributed by atoms with E-state index in [1.807, 2.05) is 12.1 Å². The Kier molecular flexibility index (Phi) is 2.84. The van der Waals surface area contributed by atoms with Crippen LogP contribution in [0.3, 0.4) is 0 Å². The molecule has 2 rings (SSSR count). The third-order valence-corrected chi connectivity index (χ3v) is 2.85. The van der Waals surface area contributed by atoms with Crippen LogP contribution < -0.4 is 4.74 Å². The molecule has 1 aromatic carbocycles. The van der Waals surface area contributed by atoms with Gasteiger partial charge in [0, 0.05) is 0 Å². The first-order valence-electron chi connectivity index (χ1n) is 5.06. The first kappa shape index (κ1) is 9.94. The fourth-order valence-corrected chi connectivity index (χ4v) is 2.03. The molecule has 0 radical (unpaired) electrons. The summed E-state index contributed by atoms with van der Waals surface area (Å²) < 4.78 is 5.17. The summed E-state index contributed by atoms with van der Waals surface area (Å²) in [4.78, 5) is 14.0. The van der Waals surface area contributed by atoms with E-state index in [0.29, 0.717) is 0 Å². The van der Waals surface area contributed by atoms with E-state index in [0.717, 1.165) is 25.0 Å². The van der Waals surface area contributed by atoms with Gasteiger partial charge in [-0.05, 0) is 42.5 Å². The summed E-state index contributed by atoms with van der Waals surface area (Å²) in [5.41, 5.74) is 2.58. The van der Waals surface area contributed by atoms with Crippen LogP contribution in [0.2, 0.25) is 0 Å². The van der Waals surface area contributed by atoms with Crippen LogP contribution in [-0.2, 0) is 17.6 Å². The summed E-state index contributed by atoms with van der Waals surface area (Å²) in [7, 11) is 1.66. The number of aliphatic imine (C=N–C) groups is 1. The molecule has 78 valence electrons. The first-order chi connectivity index (χ1) is 7.33. The topological polar surface area (TPSA) is 38.7 Å². The fraction of sp³-hybridized carbons (Fsp3) is 0.417. The molecule has 0 amide bonds. The van der Waals surface area contributed by atoms with Crippen molar-refractivity contribution in [3.8, 4) is 5.75 Å². The number of carbonyl (C=O) groups excluding carboxylic acids is 1. The lowest BCUT2D eigenvalue weighted by Crippen LogP contribution is -2.17. The van der Waals surface area contributed by atoms with Crippen molar-refractivity contribution in [2.45, 2.75) is 25.3 Å². The molecule has 1 aromatic rings. The van der Waals surface area contributed by atoms with Crippen LogP contribution in [0, 0.1) is 0 Å². The van der Waals surface area contributed by atoms with Gasteiger partial charge in [0.15, 0.2) is 0 Å². The summed E-state index contributed by atoms with van der Waals surface area (Å²) in [6.45, 7) is 0. The van der Waals surface area contributed by atoms with Crippen molar-refractivity contribution >= 4 is 6.08 Å². The maximum absolute atomic E-state index is 10.2. The van der Waals surface area contributed by atoms with Crippen LogP contribution in [0.4, 0.5) is 0 Å². The molecule has 1 aliphatic carbocycles. The molecule has 0 aliphatic heterocycles. The van der Waals surface area contributed by atoms with Gasteiger partial charge in [-0.1, -0.05) is 6.07 Å². The number of hydrogen-bond donors (Lipinski definition) is 0. The Hall–Kier alpha value is -1.60. The Bertz CT molecular complexity index is 408. The zero-order chi connectivity index (χ0) is 10.7. The molecule has 0 spiro atoms. The molecule has 0 saturated heterocycles. The average Bonchev–Trinajstić information content (AvgIpc) is 2.28. The van der Waals surface area contributed by atoms with E-state index in [4.69, 9.17) is 4.74 Å². The summed E-state index contributed by atoms with van der Waals surface area (Å²) >= 11 is 0. The Morgan fingerprint density at radius 3 is 3.07 bits per heavy atom. The van der Waals surface area contributed by atoms with Crippen LogP contribution in [0.25, 0.3) is 0 Å². The van der Waals surface area contributed by atoms with Gasteiger partial charge in [0.05, 0.1) is 13.2 Å². The molecule has 0 N–H and O–H groups in total. The highest BCUT2D eigenvalue weighted by Crippen LogP contribution is 2.26. The van der Waals surface area contributed by atoms with E-state index in [1.165, 1.54) is 11.1 Å². The minimum absolute atomic E-state index is 0.0992. The standard InChI is InChI=1S/C12H13NO2/c1-15-12-5-3-9-2-4-11(13-8-14)6-10(9)7-12/h3,5,7,11H,2,4,6H2,1H3. The number of nitrogens with zero attached hydrogens (tertiary/aromatic N) is 1. The highest BCUT2D eigenvalue weighted by molar-refractivity contribution is 5.39. The number of methoxy groups -OCH3 is 1. The van der Waals surface area contributed by atoms with E-state index in [1.54, 1.807) is 13.2 Å². The molecular formula is C12H13NO2. The van der Waals surface area contributed by atoms with E-state index >= 15 is 0 Å². The third-order valence-electron chi connectivity index (χ3n) is 2.85. The lowest BCUT2D eigenvalue weighted by Gasteiger charge is -2.20. The third kappa shape index (κ3) is 2.08. The average molecular weight is 203 g/mol. The molecule has 3 nitrogen and oxygen atoms in total. The predicted molar refractivity (Wildman–Crippen MR) is 56.9 cm³/mol. The molecule has 0 bridgehead atoms. The normalized spacial score (nSPS) is 18.9. The minimum atomic E-state index is 0.0992. The number of fused-ring (bicyclic) bond motifs is 1. The highest BCUT2D eigenvalue weighted by Gasteiger charge is 2.18. The zero-order valence-corrected chi connectivity index (χ0v) is 8.69. The molecule has 1 aliphatic rings. The zero-order valence-electron chi connectivity index (χ0n) is 8.69. The predicted octanol–water partition coefficient (Wildman–Crippen LogP) is 1.89. The van der Waals surface area contributed by atoms with Crippen LogP contribution in [0.1, 0.15) is 17.5 Å². The van der Waals surface area contributed by atoms with Crippen LogP contribution in [0.15, 0.2) is 23.2 Å². The van der Waals surface area contributed by atoms with Gasteiger partial charge in [-0.3, -0.25) is 0 Å². The minimum Gasteiger partial charge on any atom is -0.497 e. The summed E-state index contributed by atoms with van der Waals surface area (Å²) in [6, 6.07) is 6.20. The molecule has 0 saturated carbocycles. The van der Waals surface area contributed by atoms with Crippen molar-refractivity contribution in [2.75, 3.05) is 7.11 Å². The van der Waals surface area contributed by atoms with Crippen LogP contribution in [-0.4, -0.2) is 19.2 Å². The summed E-state index contributed by atoms with van der Waals surface area (Å²) in [5, 5.41) is 0. The molecule has 3 heteroatoms. The van der Waals surface area contributed by atoms with Gasteiger partial charge in [-0.2, -0.15) is 0 Å². The molecule has 1 atom stereocenters. The largest absolute Gasteiger partial charge is 0.497 e. The van der Waals surface area contributed by atoms with E-state index in [2.05, 4.69) is 11.1 Å². The van der Waals surface area contributed by atoms with Gasteiger partial charge in [0.1, 0.15) is 5.75 Å². The molecule has 1 unspecified atom stereocenters. The number of hydrogen-bond acceptors (Lipinski definition) is 3. The molecular weight excluding hydrogens is 190 g/mol. The SMILES string of the molecule is COc1ccc2c(c1)CC(N=C=O)CC2. The van der Waals surface area contributed by atoms with Crippen LogP contribution in [0.5, 0.6) is 5.75 Å². The second-order valence-corrected chi connectivity index (χ2v) is 3.75. The number of ether oxygens (including phenoxy) is 1. The summed E-state index contributed by atoms with van der Waals surface area (Å²) in [6.07, 6.45) is 4.38. The van der Waals surface area contributed by atoms with Crippen molar-refractivity contribution in [2.24, 2.45) is 4.99 Å². The summed E-state index contributed by atoms with van der Waals surface area (Å²) in [5.74, 6) is 0.865.